The molecule has 1 N–H and O–H groups in total. The van der Waals surface area contributed by atoms with Gasteiger partial charge in [0.15, 0.2) is 0 Å². The lowest BCUT2D eigenvalue weighted by atomic mass is 10.1. The van der Waals surface area contributed by atoms with E-state index < -0.39 is 0 Å². The van der Waals surface area contributed by atoms with Crippen LogP contribution >= 0.6 is 11.6 Å². The van der Waals surface area contributed by atoms with Gasteiger partial charge in [0, 0.05) is 11.6 Å². The highest BCUT2D eigenvalue weighted by molar-refractivity contribution is 6.30. The smallest absolute Gasteiger partial charge is 0.224 e. The summed E-state index contributed by atoms with van der Waals surface area (Å²) in [6.45, 7) is 0.506. The molecule has 0 heterocycles. The first kappa shape index (κ1) is 12.7. The molecular formula is C15H14ClNO. The lowest BCUT2D eigenvalue weighted by molar-refractivity contribution is -0.120. The Kier molecular flexibility index (Phi) is 4.37. The first-order chi connectivity index (χ1) is 8.74. The lowest BCUT2D eigenvalue weighted by Gasteiger charge is -2.05. The highest BCUT2D eigenvalue weighted by Crippen LogP contribution is 2.10. The second kappa shape index (κ2) is 6.22. The summed E-state index contributed by atoms with van der Waals surface area (Å²) in [7, 11) is 0. The van der Waals surface area contributed by atoms with Gasteiger partial charge in [-0.05, 0) is 23.3 Å². The molecule has 0 aliphatic carbocycles. The third kappa shape index (κ3) is 3.90. The molecule has 0 saturated heterocycles. The summed E-state index contributed by atoms with van der Waals surface area (Å²) < 4.78 is 0. The Balaban J connectivity index is 1.85. The molecule has 2 aromatic rings. The van der Waals surface area contributed by atoms with Crippen LogP contribution in [0.5, 0.6) is 0 Å². The van der Waals surface area contributed by atoms with Gasteiger partial charge < -0.3 is 5.32 Å². The fourth-order valence-corrected chi connectivity index (χ4v) is 1.90. The molecule has 0 aliphatic rings. The van der Waals surface area contributed by atoms with Crippen LogP contribution in [0, 0.1) is 0 Å². The molecule has 0 saturated carbocycles. The number of nitrogens with one attached hydrogen (secondary N) is 1. The van der Waals surface area contributed by atoms with Crippen molar-refractivity contribution in [2.45, 2.75) is 13.0 Å². The molecule has 0 aliphatic heterocycles. The predicted octanol–water partition coefficient (Wildman–Crippen LogP) is 3.20. The van der Waals surface area contributed by atoms with E-state index in [9.17, 15) is 4.79 Å². The monoisotopic (exact) mass is 259 g/mol. The molecule has 92 valence electrons. The van der Waals surface area contributed by atoms with Gasteiger partial charge in [-0.2, -0.15) is 0 Å². The number of carbonyl (C=O) groups excluding carboxylic acids is 1. The molecule has 0 bridgehead atoms. The fraction of sp³-hybridized carbons (Fsp3) is 0.133. The van der Waals surface area contributed by atoms with E-state index in [2.05, 4.69) is 5.32 Å². The maximum absolute atomic E-state index is 11.7. The number of benzene rings is 2. The molecule has 2 aromatic carbocycles. The average molecular weight is 260 g/mol. The molecule has 0 spiro atoms. The fourth-order valence-electron chi connectivity index (χ4n) is 1.69. The van der Waals surface area contributed by atoms with Gasteiger partial charge in [0.25, 0.3) is 0 Å². The second-order valence-corrected chi connectivity index (χ2v) is 4.51. The Morgan fingerprint density at radius 1 is 1.00 bits per heavy atom. The Bertz CT molecular complexity index is 525. The van der Waals surface area contributed by atoms with E-state index in [1.165, 1.54) is 0 Å². The molecule has 0 atom stereocenters. The minimum absolute atomic E-state index is 0.0150. The Morgan fingerprint density at radius 2 is 1.72 bits per heavy atom. The first-order valence-corrected chi connectivity index (χ1v) is 6.17. The maximum atomic E-state index is 11.7. The number of halogens is 1. The van der Waals surface area contributed by atoms with Crippen LogP contribution in [0.25, 0.3) is 0 Å². The minimum Gasteiger partial charge on any atom is -0.352 e. The number of carbonyl (C=O) groups is 1. The quantitative estimate of drug-likeness (QED) is 0.898. The Labute approximate surface area is 112 Å². The van der Waals surface area contributed by atoms with E-state index in [1.807, 2.05) is 54.6 Å². The summed E-state index contributed by atoms with van der Waals surface area (Å²) in [5, 5.41) is 3.56. The molecule has 0 fully saturated rings. The number of rotatable bonds is 4. The summed E-state index contributed by atoms with van der Waals surface area (Å²) in [6.07, 6.45) is 0.404. The van der Waals surface area contributed by atoms with Crippen molar-refractivity contribution in [3.8, 4) is 0 Å². The van der Waals surface area contributed by atoms with E-state index in [0.717, 1.165) is 11.1 Å². The van der Waals surface area contributed by atoms with Crippen molar-refractivity contribution in [1.82, 2.24) is 5.32 Å². The van der Waals surface area contributed by atoms with Crippen molar-refractivity contribution in [3.63, 3.8) is 0 Å². The van der Waals surface area contributed by atoms with Crippen LogP contribution in [0.15, 0.2) is 54.6 Å². The minimum atomic E-state index is 0.0150. The maximum Gasteiger partial charge on any atom is 0.224 e. The van der Waals surface area contributed by atoms with Crippen LogP contribution in [0.2, 0.25) is 5.02 Å². The van der Waals surface area contributed by atoms with Crippen LogP contribution < -0.4 is 5.32 Å². The van der Waals surface area contributed by atoms with Crippen LogP contribution in [-0.2, 0) is 17.8 Å². The zero-order valence-electron chi connectivity index (χ0n) is 9.90. The van der Waals surface area contributed by atoms with Crippen molar-refractivity contribution in [1.29, 1.82) is 0 Å². The van der Waals surface area contributed by atoms with Gasteiger partial charge in [0.2, 0.25) is 5.91 Å². The zero-order chi connectivity index (χ0) is 12.8. The topological polar surface area (TPSA) is 29.1 Å². The van der Waals surface area contributed by atoms with Crippen molar-refractivity contribution in [2.75, 3.05) is 0 Å². The van der Waals surface area contributed by atoms with E-state index >= 15 is 0 Å². The molecule has 2 nitrogen and oxygen atoms in total. The largest absolute Gasteiger partial charge is 0.352 e. The Morgan fingerprint density at radius 3 is 2.44 bits per heavy atom. The summed E-state index contributed by atoms with van der Waals surface area (Å²) in [4.78, 5) is 11.7. The normalized spacial score (nSPS) is 10.1. The average Bonchev–Trinajstić information content (AvgIpc) is 2.38. The molecule has 0 aromatic heterocycles. The van der Waals surface area contributed by atoms with E-state index in [-0.39, 0.29) is 5.91 Å². The van der Waals surface area contributed by atoms with Crippen molar-refractivity contribution < 1.29 is 4.79 Å². The van der Waals surface area contributed by atoms with Gasteiger partial charge >= 0.3 is 0 Å². The second-order valence-electron chi connectivity index (χ2n) is 4.07. The molecule has 18 heavy (non-hydrogen) atoms. The van der Waals surface area contributed by atoms with Gasteiger partial charge in [-0.25, -0.2) is 0 Å². The van der Waals surface area contributed by atoms with E-state index in [4.69, 9.17) is 11.6 Å². The standard InChI is InChI=1S/C15H14ClNO/c16-14-8-4-7-13(9-14)11-17-15(18)10-12-5-2-1-3-6-12/h1-9H,10-11H2,(H,17,18). The lowest BCUT2D eigenvalue weighted by Crippen LogP contribution is -2.24. The predicted molar refractivity (Wildman–Crippen MR) is 73.4 cm³/mol. The zero-order valence-corrected chi connectivity index (χ0v) is 10.7. The summed E-state index contributed by atoms with van der Waals surface area (Å²) in [5.74, 6) is 0.0150. The first-order valence-electron chi connectivity index (χ1n) is 5.79. The van der Waals surface area contributed by atoms with Crippen molar-refractivity contribution >= 4 is 17.5 Å². The molecule has 3 heteroatoms. The summed E-state index contributed by atoms with van der Waals surface area (Å²) in [6, 6.07) is 17.2. The van der Waals surface area contributed by atoms with E-state index in [0.29, 0.717) is 18.0 Å². The molecule has 2 rings (SSSR count). The molecular weight excluding hydrogens is 246 g/mol. The van der Waals surface area contributed by atoms with Crippen LogP contribution in [0.4, 0.5) is 0 Å². The molecule has 0 unspecified atom stereocenters. The van der Waals surface area contributed by atoms with Crippen molar-refractivity contribution in [3.05, 3.63) is 70.7 Å². The Hall–Kier alpha value is -1.80. The number of amides is 1. The van der Waals surface area contributed by atoms with Gasteiger partial charge in [-0.3, -0.25) is 4.79 Å². The summed E-state index contributed by atoms with van der Waals surface area (Å²) in [5.41, 5.74) is 2.02. The van der Waals surface area contributed by atoms with Crippen molar-refractivity contribution in [2.24, 2.45) is 0 Å². The van der Waals surface area contributed by atoms with Gasteiger partial charge in [-0.15, -0.1) is 0 Å². The number of hydrogen-bond acceptors (Lipinski definition) is 1. The summed E-state index contributed by atoms with van der Waals surface area (Å²) >= 11 is 5.88. The van der Waals surface area contributed by atoms with E-state index in [1.54, 1.807) is 0 Å². The molecule has 0 radical (unpaired) electrons. The van der Waals surface area contributed by atoms with Gasteiger partial charge in [0.1, 0.15) is 0 Å². The highest BCUT2D eigenvalue weighted by Gasteiger charge is 2.02. The van der Waals surface area contributed by atoms with Crippen LogP contribution in [-0.4, -0.2) is 5.91 Å². The number of hydrogen-bond donors (Lipinski definition) is 1. The van der Waals surface area contributed by atoms with Gasteiger partial charge in [0.05, 0.1) is 6.42 Å². The van der Waals surface area contributed by atoms with Crippen LogP contribution in [0.1, 0.15) is 11.1 Å². The SMILES string of the molecule is O=C(Cc1ccccc1)NCc1cccc(Cl)c1. The third-order valence-electron chi connectivity index (χ3n) is 2.59. The third-order valence-corrected chi connectivity index (χ3v) is 2.82. The van der Waals surface area contributed by atoms with Gasteiger partial charge in [-0.1, -0.05) is 54.1 Å². The molecule has 1 amide bonds. The highest BCUT2D eigenvalue weighted by atomic mass is 35.5. The van der Waals surface area contributed by atoms with Crippen LogP contribution in [0.3, 0.4) is 0 Å².